The van der Waals surface area contributed by atoms with E-state index < -0.39 is 0 Å². The second-order valence-corrected chi connectivity index (χ2v) is 4.25. The van der Waals surface area contributed by atoms with Crippen LogP contribution in [0.1, 0.15) is 32.8 Å². The first-order chi connectivity index (χ1) is 9.27. The van der Waals surface area contributed by atoms with E-state index in [1.807, 2.05) is 18.2 Å². The van der Waals surface area contributed by atoms with Crippen LogP contribution in [0.4, 0.5) is 0 Å². The fraction of sp³-hybridized carbons (Fsp3) is 0.333. The van der Waals surface area contributed by atoms with Crippen molar-refractivity contribution >= 4 is 0 Å². The first-order valence-corrected chi connectivity index (χ1v) is 6.64. The Kier molecular flexibility index (Phi) is 10.0. The molecule has 0 amide bonds. The lowest BCUT2D eigenvalue weighted by atomic mass is 10.1. The molecule has 0 saturated carbocycles. The number of rotatable bonds is 0. The van der Waals surface area contributed by atoms with Gasteiger partial charge in [-0.25, -0.2) is 0 Å². The summed E-state index contributed by atoms with van der Waals surface area (Å²) in [4.78, 5) is 0. The van der Waals surface area contributed by atoms with E-state index in [1.54, 1.807) is 0 Å². The van der Waals surface area contributed by atoms with Crippen LogP contribution in [0.25, 0.3) is 0 Å². The molecule has 102 valence electrons. The predicted octanol–water partition coefficient (Wildman–Crippen LogP) is 4.79. The largest absolute Gasteiger partial charge is 0.489 e. The average molecular weight is 256 g/mol. The van der Waals surface area contributed by atoms with E-state index in [4.69, 9.17) is 4.74 Å². The van der Waals surface area contributed by atoms with Gasteiger partial charge in [0.2, 0.25) is 0 Å². The minimum Gasteiger partial charge on any atom is -0.489 e. The minimum atomic E-state index is 0.682. The third kappa shape index (κ3) is 7.16. The molecule has 0 spiro atoms. The van der Waals surface area contributed by atoms with Crippen LogP contribution in [0, 0.1) is 12.8 Å². The average Bonchev–Trinajstić information content (AvgIpc) is 2.53. The molecule has 1 aliphatic heterocycles. The number of ether oxygens (including phenoxy) is 1. The molecule has 1 aromatic rings. The Balaban J connectivity index is 0.000000573. The van der Waals surface area contributed by atoms with Crippen LogP contribution in [0.3, 0.4) is 0 Å². The highest BCUT2D eigenvalue weighted by molar-refractivity contribution is 5.36. The highest BCUT2D eigenvalue weighted by Crippen LogP contribution is 2.20. The van der Waals surface area contributed by atoms with E-state index in [0.29, 0.717) is 6.61 Å². The highest BCUT2D eigenvalue weighted by atomic mass is 16.5. The molecule has 0 unspecified atom stereocenters. The van der Waals surface area contributed by atoms with Gasteiger partial charge in [0.05, 0.1) is 0 Å². The number of benzene rings is 1. The van der Waals surface area contributed by atoms with Crippen LogP contribution in [0.2, 0.25) is 0 Å². The molecule has 0 aromatic heterocycles. The standard InChI is InChI=1S/C13H14O.C3H8.C2H2/c1-11-6-2-3-7-12-8-4-5-9-13(12)14-10-11;1-3-2;1-2/h2-6,8-9H,7,10H2,1H3;3H2,1-2H3;1-2H/b3-2-,11-6-;;. The van der Waals surface area contributed by atoms with E-state index in [0.717, 1.165) is 12.2 Å². The maximum absolute atomic E-state index is 5.71. The van der Waals surface area contributed by atoms with Crippen LogP contribution in [-0.2, 0) is 6.42 Å². The first kappa shape index (κ1) is 17.1. The third-order valence-corrected chi connectivity index (χ3v) is 2.28. The van der Waals surface area contributed by atoms with E-state index in [1.165, 1.54) is 17.6 Å². The number of hydrogen-bond acceptors (Lipinski definition) is 1. The van der Waals surface area contributed by atoms with Crippen LogP contribution in [-0.4, -0.2) is 6.61 Å². The van der Waals surface area contributed by atoms with E-state index in [-0.39, 0.29) is 0 Å². The van der Waals surface area contributed by atoms with Crippen molar-refractivity contribution in [2.24, 2.45) is 0 Å². The summed E-state index contributed by atoms with van der Waals surface area (Å²) in [6.07, 6.45) is 16.6. The molecule has 2 rings (SSSR count). The molecule has 0 saturated heterocycles. The monoisotopic (exact) mass is 256 g/mol. The fourth-order valence-electron chi connectivity index (χ4n) is 1.48. The van der Waals surface area contributed by atoms with Crippen LogP contribution >= 0.6 is 0 Å². The summed E-state index contributed by atoms with van der Waals surface area (Å²) in [6, 6.07) is 8.20. The number of fused-ring (bicyclic) bond motifs is 1. The van der Waals surface area contributed by atoms with E-state index >= 15 is 0 Å². The van der Waals surface area contributed by atoms with Crippen LogP contribution in [0.15, 0.2) is 48.1 Å². The van der Waals surface area contributed by atoms with Gasteiger partial charge in [-0.2, -0.15) is 0 Å². The van der Waals surface area contributed by atoms with E-state index in [2.05, 4.69) is 57.9 Å². The summed E-state index contributed by atoms with van der Waals surface area (Å²) in [5.41, 5.74) is 2.50. The zero-order chi connectivity index (χ0) is 14.5. The van der Waals surface area contributed by atoms with E-state index in [9.17, 15) is 0 Å². The quantitative estimate of drug-likeness (QED) is 0.606. The molecule has 0 bridgehead atoms. The normalized spacial score (nSPS) is 17.0. The number of para-hydroxylation sites is 1. The Morgan fingerprint density at radius 2 is 1.79 bits per heavy atom. The zero-order valence-electron chi connectivity index (χ0n) is 12.2. The van der Waals surface area contributed by atoms with Crippen molar-refractivity contribution in [1.82, 2.24) is 0 Å². The van der Waals surface area contributed by atoms with Gasteiger partial charge in [0, 0.05) is 0 Å². The third-order valence-electron chi connectivity index (χ3n) is 2.28. The summed E-state index contributed by atoms with van der Waals surface area (Å²) < 4.78 is 5.71. The summed E-state index contributed by atoms with van der Waals surface area (Å²) in [6.45, 7) is 7.01. The van der Waals surface area contributed by atoms with Gasteiger partial charge in [0.15, 0.2) is 0 Å². The van der Waals surface area contributed by atoms with Gasteiger partial charge in [-0.05, 0) is 30.5 Å². The number of terminal acetylenes is 1. The molecule has 0 aliphatic carbocycles. The molecule has 1 nitrogen and oxygen atoms in total. The number of allylic oxidation sites excluding steroid dienone is 3. The van der Waals surface area contributed by atoms with Gasteiger partial charge in [-0.15, -0.1) is 12.8 Å². The predicted molar refractivity (Wildman–Crippen MR) is 84.4 cm³/mol. The fourth-order valence-corrected chi connectivity index (χ4v) is 1.48. The molecule has 19 heavy (non-hydrogen) atoms. The van der Waals surface area contributed by atoms with Crippen molar-refractivity contribution < 1.29 is 4.74 Å². The Hall–Kier alpha value is -1.94. The van der Waals surface area contributed by atoms with Crippen LogP contribution in [0.5, 0.6) is 5.75 Å². The van der Waals surface area contributed by atoms with Gasteiger partial charge in [-0.1, -0.05) is 56.7 Å². The Bertz CT molecular complexity index is 424. The molecular formula is C18H24O. The smallest absolute Gasteiger partial charge is 0.123 e. The Morgan fingerprint density at radius 3 is 2.47 bits per heavy atom. The molecule has 0 radical (unpaired) electrons. The van der Waals surface area contributed by atoms with Crippen molar-refractivity contribution in [1.29, 1.82) is 0 Å². The topological polar surface area (TPSA) is 9.23 Å². The zero-order valence-corrected chi connectivity index (χ0v) is 12.2. The lowest BCUT2D eigenvalue weighted by Gasteiger charge is -2.09. The maximum Gasteiger partial charge on any atom is 0.123 e. The molecule has 1 aromatic carbocycles. The first-order valence-electron chi connectivity index (χ1n) is 6.64. The molecule has 0 N–H and O–H groups in total. The molecular weight excluding hydrogens is 232 g/mol. The summed E-state index contributed by atoms with van der Waals surface area (Å²) in [7, 11) is 0. The van der Waals surface area contributed by atoms with Gasteiger partial charge >= 0.3 is 0 Å². The van der Waals surface area contributed by atoms with Gasteiger partial charge in [0.25, 0.3) is 0 Å². The molecule has 1 heteroatoms. The second kappa shape index (κ2) is 11.2. The van der Waals surface area contributed by atoms with Crippen LogP contribution < -0.4 is 4.74 Å². The minimum absolute atomic E-state index is 0.682. The Morgan fingerprint density at radius 1 is 1.16 bits per heavy atom. The summed E-state index contributed by atoms with van der Waals surface area (Å²) in [5.74, 6) is 1.01. The Labute approximate surface area is 118 Å². The summed E-state index contributed by atoms with van der Waals surface area (Å²) in [5, 5.41) is 0. The lowest BCUT2D eigenvalue weighted by Crippen LogP contribution is -2.00. The van der Waals surface area contributed by atoms with Gasteiger partial charge in [0.1, 0.15) is 12.4 Å². The van der Waals surface area contributed by atoms with Crippen molar-refractivity contribution in [3.63, 3.8) is 0 Å². The van der Waals surface area contributed by atoms with Gasteiger partial charge in [-0.3, -0.25) is 0 Å². The number of hydrogen-bond donors (Lipinski definition) is 0. The molecule has 0 fully saturated rings. The summed E-state index contributed by atoms with van der Waals surface area (Å²) >= 11 is 0. The lowest BCUT2D eigenvalue weighted by molar-refractivity contribution is 0.349. The molecule has 1 heterocycles. The van der Waals surface area contributed by atoms with Crippen molar-refractivity contribution in [2.45, 2.75) is 33.6 Å². The maximum atomic E-state index is 5.71. The van der Waals surface area contributed by atoms with Crippen molar-refractivity contribution in [3.8, 4) is 18.6 Å². The second-order valence-electron chi connectivity index (χ2n) is 4.25. The molecule has 1 aliphatic rings. The SMILES string of the molecule is C#C.C/C1=C/C=C\Cc2ccccc2OC1.CCC. The highest BCUT2D eigenvalue weighted by Gasteiger charge is 2.02. The van der Waals surface area contributed by atoms with Gasteiger partial charge < -0.3 is 4.74 Å². The van der Waals surface area contributed by atoms with Crippen molar-refractivity contribution in [2.75, 3.05) is 6.61 Å². The molecule has 0 atom stereocenters. The van der Waals surface area contributed by atoms with Crippen molar-refractivity contribution in [3.05, 3.63) is 53.6 Å².